The number of carbonyl (C=O) groups is 1. The maximum Gasteiger partial charge on any atom is 0.276 e. The first-order chi connectivity index (χ1) is 13.1. The number of rotatable bonds is 6. The minimum atomic E-state index is -0.315. The lowest BCUT2D eigenvalue weighted by Crippen LogP contribution is -2.14. The maximum absolute atomic E-state index is 12.3. The van der Waals surface area contributed by atoms with E-state index in [1.54, 1.807) is 24.3 Å². The number of hydrogen-bond donors (Lipinski definition) is 2. The minimum Gasteiger partial charge on any atom is -0.494 e. The fourth-order valence-corrected chi connectivity index (χ4v) is 2.66. The van der Waals surface area contributed by atoms with Gasteiger partial charge in [-0.3, -0.25) is 4.79 Å². The van der Waals surface area contributed by atoms with Crippen LogP contribution in [0.2, 0.25) is 0 Å². The van der Waals surface area contributed by atoms with Crippen LogP contribution in [0.25, 0.3) is 0 Å². The molecule has 3 rings (SSSR count). The van der Waals surface area contributed by atoms with Crippen LogP contribution in [-0.4, -0.2) is 22.7 Å². The van der Waals surface area contributed by atoms with Crippen LogP contribution in [0, 0.1) is 13.8 Å². The molecule has 2 N–H and O–H groups in total. The fraction of sp³-hybridized carbons (Fsp3) is 0.190. The van der Waals surface area contributed by atoms with Gasteiger partial charge in [-0.05, 0) is 68.3 Å². The van der Waals surface area contributed by atoms with Crippen molar-refractivity contribution in [1.82, 2.24) is 10.2 Å². The highest BCUT2D eigenvalue weighted by Crippen LogP contribution is 2.23. The van der Waals surface area contributed by atoms with Gasteiger partial charge in [0.15, 0.2) is 11.5 Å². The van der Waals surface area contributed by atoms with Crippen LogP contribution >= 0.6 is 0 Å². The van der Waals surface area contributed by atoms with Crippen LogP contribution in [0.1, 0.15) is 28.5 Å². The predicted molar refractivity (Wildman–Crippen MR) is 107 cm³/mol. The Morgan fingerprint density at radius 3 is 2.26 bits per heavy atom. The Bertz CT molecular complexity index is 902. The van der Waals surface area contributed by atoms with E-state index in [-0.39, 0.29) is 11.6 Å². The van der Waals surface area contributed by atoms with Gasteiger partial charge in [0.1, 0.15) is 5.75 Å². The van der Waals surface area contributed by atoms with E-state index in [9.17, 15) is 4.79 Å². The van der Waals surface area contributed by atoms with Crippen molar-refractivity contribution in [2.45, 2.75) is 20.8 Å². The number of aryl methyl sites for hydroxylation is 2. The number of para-hydroxylation sites is 1. The summed E-state index contributed by atoms with van der Waals surface area (Å²) < 4.78 is 5.39. The van der Waals surface area contributed by atoms with Crippen LogP contribution < -0.4 is 15.4 Å². The lowest BCUT2D eigenvalue weighted by Gasteiger charge is -2.11. The number of hydrogen-bond acceptors (Lipinski definition) is 5. The van der Waals surface area contributed by atoms with Gasteiger partial charge in [0.25, 0.3) is 5.91 Å². The van der Waals surface area contributed by atoms with Gasteiger partial charge in [-0.1, -0.05) is 18.2 Å². The summed E-state index contributed by atoms with van der Waals surface area (Å²) in [6.07, 6.45) is 0. The molecule has 0 unspecified atom stereocenters. The third kappa shape index (κ3) is 4.61. The Kier molecular flexibility index (Phi) is 5.66. The average Bonchev–Trinajstić information content (AvgIpc) is 2.67. The first kappa shape index (κ1) is 18.4. The Morgan fingerprint density at radius 2 is 1.67 bits per heavy atom. The maximum atomic E-state index is 12.3. The molecule has 1 heterocycles. The molecule has 138 valence electrons. The second-order valence-corrected chi connectivity index (χ2v) is 6.11. The monoisotopic (exact) mass is 362 g/mol. The Labute approximate surface area is 158 Å². The number of nitrogens with zero attached hydrogens (tertiary/aromatic N) is 2. The van der Waals surface area contributed by atoms with E-state index in [0.29, 0.717) is 18.1 Å². The highest BCUT2D eigenvalue weighted by atomic mass is 16.5. The number of amides is 1. The van der Waals surface area contributed by atoms with Crippen molar-refractivity contribution in [1.29, 1.82) is 0 Å². The Hall–Kier alpha value is -3.41. The van der Waals surface area contributed by atoms with Crippen molar-refractivity contribution in [2.24, 2.45) is 0 Å². The number of carbonyl (C=O) groups excluding carboxylic acids is 1. The number of nitrogens with one attached hydrogen (secondary N) is 2. The summed E-state index contributed by atoms with van der Waals surface area (Å²) in [6.45, 7) is 6.58. The van der Waals surface area contributed by atoms with Gasteiger partial charge in [-0.15, -0.1) is 10.2 Å². The predicted octanol–water partition coefficient (Wildman–Crippen LogP) is 4.49. The van der Waals surface area contributed by atoms with Crippen LogP contribution in [-0.2, 0) is 0 Å². The Balaban J connectivity index is 1.66. The summed E-state index contributed by atoms with van der Waals surface area (Å²) in [5.41, 5.74) is 4.15. The number of benzene rings is 2. The zero-order valence-corrected chi connectivity index (χ0v) is 15.6. The molecule has 0 fully saturated rings. The second kappa shape index (κ2) is 8.31. The highest BCUT2D eigenvalue weighted by molar-refractivity contribution is 6.02. The van der Waals surface area contributed by atoms with Crippen LogP contribution in [0.5, 0.6) is 5.75 Å². The molecule has 27 heavy (non-hydrogen) atoms. The molecule has 0 aliphatic heterocycles. The quantitative estimate of drug-likeness (QED) is 0.676. The number of anilines is 3. The molecule has 1 amide bonds. The van der Waals surface area contributed by atoms with Crippen molar-refractivity contribution >= 4 is 23.1 Å². The normalized spacial score (nSPS) is 10.3. The van der Waals surface area contributed by atoms with Crippen molar-refractivity contribution in [2.75, 3.05) is 17.2 Å². The van der Waals surface area contributed by atoms with Gasteiger partial charge in [0.2, 0.25) is 0 Å². The molecule has 6 nitrogen and oxygen atoms in total. The van der Waals surface area contributed by atoms with Crippen molar-refractivity contribution < 1.29 is 9.53 Å². The van der Waals surface area contributed by atoms with E-state index >= 15 is 0 Å². The van der Waals surface area contributed by atoms with Crippen molar-refractivity contribution in [3.63, 3.8) is 0 Å². The summed E-state index contributed by atoms with van der Waals surface area (Å²) in [5.74, 6) is 1.03. The topological polar surface area (TPSA) is 76.1 Å². The molecule has 3 aromatic rings. The molecule has 0 aliphatic rings. The van der Waals surface area contributed by atoms with Gasteiger partial charge in [0, 0.05) is 11.4 Å². The fourth-order valence-electron chi connectivity index (χ4n) is 2.66. The highest BCUT2D eigenvalue weighted by Gasteiger charge is 2.10. The van der Waals surface area contributed by atoms with Gasteiger partial charge >= 0.3 is 0 Å². The van der Waals surface area contributed by atoms with Crippen molar-refractivity contribution in [3.8, 4) is 5.75 Å². The van der Waals surface area contributed by atoms with E-state index in [4.69, 9.17) is 4.74 Å². The number of aromatic nitrogens is 2. The SMILES string of the molecule is CCOc1ccc(NC(=O)c2ccc(Nc3c(C)cccc3C)nn2)cc1. The number of ether oxygens (including phenoxy) is 1. The van der Waals surface area contributed by atoms with Gasteiger partial charge in [0.05, 0.1) is 6.61 Å². The van der Waals surface area contributed by atoms with Gasteiger partial charge in [-0.25, -0.2) is 0 Å². The lowest BCUT2D eigenvalue weighted by atomic mass is 10.1. The molecule has 2 aromatic carbocycles. The van der Waals surface area contributed by atoms with Gasteiger partial charge < -0.3 is 15.4 Å². The molecule has 0 aliphatic carbocycles. The largest absolute Gasteiger partial charge is 0.494 e. The Morgan fingerprint density at radius 1 is 0.963 bits per heavy atom. The lowest BCUT2D eigenvalue weighted by molar-refractivity contribution is 0.102. The zero-order valence-electron chi connectivity index (χ0n) is 15.6. The molecule has 0 saturated carbocycles. The summed E-state index contributed by atoms with van der Waals surface area (Å²) in [4.78, 5) is 12.3. The standard InChI is InChI=1S/C21H22N4O2/c1-4-27-17-10-8-16(9-11-17)22-21(26)18-12-13-19(25-24-18)23-20-14(2)6-5-7-15(20)3/h5-13H,4H2,1-3H3,(H,22,26)(H,23,25). The third-order valence-electron chi connectivity index (χ3n) is 4.05. The molecule has 6 heteroatoms. The van der Waals surface area contributed by atoms with E-state index in [1.807, 2.05) is 51.1 Å². The molecule has 0 spiro atoms. The molecule has 0 bridgehead atoms. The molecule has 1 aromatic heterocycles. The molecule has 0 radical (unpaired) electrons. The van der Waals surface area contributed by atoms with E-state index in [1.165, 1.54) is 0 Å². The average molecular weight is 362 g/mol. The summed E-state index contributed by atoms with van der Waals surface area (Å²) in [5, 5.41) is 14.2. The van der Waals surface area contributed by atoms with E-state index in [2.05, 4.69) is 20.8 Å². The smallest absolute Gasteiger partial charge is 0.276 e. The van der Waals surface area contributed by atoms with E-state index < -0.39 is 0 Å². The van der Waals surface area contributed by atoms with E-state index in [0.717, 1.165) is 22.6 Å². The zero-order chi connectivity index (χ0) is 19.2. The second-order valence-electron chi connectivity index (χ2n) is 6.11. The first-order valence-electron chi connectivity index (χ1n) is 8.78. The first-order valence-corrected chi connectivity index (χ1v) is 8.78. The summed E-state index contributed by atoms with van der Waals surface area (Å²) in [7, 11) is 0. The molecule has 0 atom stereocenters. The summed E-state index contributed by atoms with van der Waals surface area (Å²) in [6, 6.07) is 16.6. The molecular formula is C21H22N4O2. The van der Waals surface area contributed by atoms with Crippen molar-refractivity contribution in [3.05, 3.63) is 71.4 Å². The van der Waals surface area contributed by atoms with Crippen LogP contribution in [0.15, 0.2) is 54.6 Å². The summed E-state index contributed by atoms with van der Waals surface area (Å²) >= 11 is 0. The molecule has 0 saturated heterocycles. The molecular weight excluding hydrogens is 340 g/mol. The van der Waals surface area contributed by atoms with Crippen LogP contribution in [0.4, 0.5) is 17.2 Å². The van der Waals surface area contributed by atoms with Gasteiger partial charge in [-0.2, -0.15) is 0 Å². The third-order valence-corrected chi connectivity index (χ3v) is 4.05. The van der Waals surface area contributed by atoms with Crippen LogP contribution in [0.3, 0.4) is 0 Å². The minimum absolute atomic E-state index is 0.246.